The van der Waals surface area contributed by atoms with Gasteiger partial charge in [-0.3, -0.25) is 9.59 Å². The number of aryl methyl sites for hydroxylation is 1. The van der Waals surface area contributed by atoms with E-state index in [9.17, 15) is 9.59 Å². The third kappa shape index (κ3) is 11.2. The van der Waals surface area contributed by atoms with E-state index in [0.29, 0.717) is 51.5 Å². The molecule has 5 aliphatic rings. The molecule has 14 heteroatoms. The number of nitrogens with zero attached hydrogens (tertiary/aromatic N) is 4. The molecule has 1 aromatic heterocycles. The molecule has 0 spiro atoms. The van der Waals surface area contributed by atoms with Crippen molar-refractivity contribution in [2.75, 3.05) is 91.4 Å². The molecule has 0 aliphatic carbocycles. The molecule has 6 heterocycles. The Morgan fingerprint density at radius 1 is 0.561 bits per heavy atom. The summed E-state index contributed by atoms with van der Waals surface area (Å²) in [5.41, 5.74) is 5.65. The van der Waals surface area contributed by atoms with Crippen LogP contribution in [0.4, 0.5) is 5.69 Å². The second kappa shape index (κ2) is 21.7. The molecule has 66 heavy (non-hydrogen) atoms. The topological polar surface area (TPSA) is 128 Å². The lowest BCUT2D eigenvalue weighted by Gasteiger charge is -2.35. The third-order valence-electron chi connectivity index (χ3n) is 13.6. The molecule has 0 bridgehead atoms. The van der Waals surface area contributed by atoms with Gasteiger partial charge in [-0.25, -0.2) is 0 Å². The van der Waals surface area contributed by atoms with Crippen LogP contribution in [0.2, 0.25) is 0 Å². The average molecular weight is 901 g/mol. The smallest absolute Gasteiger partial charge is 0.251 e. The monoisotopic (exact) mass is 900 g/mol. The Labute approximate surface area is 387 Å². The highest BCUT2D eigenvalue weighted by atomic mass is 16.6. The van der Waals surface area contributed by atoms with E-state index in [1.807, 2.05) is 58.0 Å². The summed E-state index contributed by atoms with van der Waals surface area (Å²) in [7, 11) is 3.32. The number of hydrogen-bond acceptors (Lipinski definition) is 12. The number of carbonyl (C=O) groups is 1. The highest BCUT2D eigenvalue weighted by molar-refractivity contribution is 5.96. The SMILES string of the molecule is COc1ccc2c(c1)N(CCN1CCC(NCc3ccc4c(c3)OCCO4)CC1)C(=O)CC2.COc1ccc2ccc(=O)n(CCN3CCC(NCc4ccc5c(c4)OCCO5)CC3)c2c1. The number of carbonyl (C=O) groups excluding carboxylic acids is 1. The molecule has 0 unspecified atom stereocenters. The van der Waals surface area contributed by atoms with Gasteiger partial charge in [0.1, 0.15) is 37.9 Å². The van der Waals surface area contributed by atoms with Crippen LogP contribution < -0.4 is 49.5 Å². The number of benzene rings is 4. The van der Waals surface area contributed by atoms with Gasteiger partial charge in [0.25, 0.3) is 5.56 Å². The Balaban J connectivity index is 0.000000166. The molecule has 14 nitrogen and oxygen atoms in total. The summed E-state index contributed by atoms with van der Waals surface area (Å²) in [5.74, 6) is 5.16. The van der Waals surface area contributed by atoms with Gasteiger partial charge in [0.15, 0.2) is 23.0 Å². The summed E-state index contributed by atoms with van der Waals surface area (Å²) >= 11 is 0. The molecule has 2 fully saturated rings. The lowest BCUT2D eigenvalue weighted by atomic mass is 10.0. The van der Waals surface area contributed by atoms with E-state index in [0.717, 1.165) is 142 Å². The molecule has 2 saturated heterocycles. The van der Waals surface area contributed by atoms with E-state index in [4.69, 9.17) is 28.4 Å². The van der Waals surface area contributed by atoms with Crippen LogP contribution in [-0.2, 0) is 30.8 Å². The zero-order valence-electron chi connectivity index (χ0n) is 38.4. The van der Waals surface area contributed by atoms with E-state index in [2.05, 4.69) is 50.8 Å². The standard InChI is InChI=1S/C26H33N3O4.C26H31N3O4/c2*1-31-22-5-3-20-4-7-26(30)29(23(20)17-22)13-12-28-10-8-21(9-11-28)27-18-19-2-6-24-25(16-19)33-15-14-32-24/h2-3,5-6,16-17,21,27H,4,7-15,18H2,1H3;2-7,16-17,21,27H,8-15,18H2,1H3. The Hall–Kier alpha value is -5.80. The Morgan fingerprint density at radius 3 is 1.68 bits per heavy atom. The molecule has 350 valence electrons. The summed E-state index contributed by atoms with van der Waals surface area (Å²) in [6.45, 7) is 11.5. The molecular formula is C52H64N6O8. The van der Waals surface area contributed by atoms with Gasteiger partial charge in [0.05, 0.1) is 25.4 Å². The second-order valence-corrected chi connectivity index (χ2v) is 17.7. The number of likely N-dealkylation sites (tertiary alicyclic amines) is 2. The first kappa shape index (κ1) is 45.4. The van der Waals surface area contributed by atoms with Crippen LogP contribution in [0.3, 0.4) is 0 Å². The zero-order chi connectivity index (χ0) is 45.2. The predicted molar refractivity (Wildman–Crippen MR) is 256 cm³/mol. The largest absolute Gasteiger partial charge is 0.497 e. The molecule has 5 aliphatic heterocycles. The number of amides is 1. The van der Waals surface area contributed by atoms with E-state index < -0.39 is 0 Å². The van der Waals surface area contributed by atoms with Crippen LogP contribution in [-0.4, -0.2) is 119 Å². The lowest BCUT2D eigenvalue weighted by Crippen LogP contribution is -2.46. The second-order valence-electron chi connectivity index (χ2n) is 17.7. The summed E-state index contributed by atoms with van der Waals surface area (Å²) in [5, 5.41) is 8.45. The van der Waals surface area contributed by atoms with Crippen molar-refractivity contribution < 1.29 is 33.2 Å². The van der Waals surface area contributed by atoms with Crippen molar-refractivity contribution >= 4 is 22.5 Å². The van der Waals surface area contributed by atoms with Crippen LogP contribution in [0.15, 0.2) is 89.7 Å². The minimum Gasteiger partial charge on any atom is -0.497 e. The number of ether oxygens (including phenoxy) is 6. The summed E-state index contributed by atoms with van der Waals surface area (Å²) < 4.78 is 35.2. The van der Waals surface area contributed by atoms with Gasteiger partial charge in [-0.05, 0) is 129 Å². The first-order valence-corrected chi connectivity index (χ1v) is 23.7. The molecule has 5 aromatic rings. The van der Waals surface area contributed by atoms with Crippen molar-refractivity contribution in [3.8, 4) is 34.5 Å². The summed E-state index contributed by atoms with van der Waals surface area (Å²) in [4.78, 5) is 32.1. The highest BCUT2D eigenvalue weighted by Gasteiger charge is 2.27. The maximum Gasteiger partial charge on any atom is 0.251 e. The minimum absolute atomic E-state index is 0.0340. The van der Waals surface area contributed by atoms with Gasteiger partial charge in [-0.15, -0.1) is 0 Å². The van der Waals surface area contributed by atoms with E-state index in [1.54, 1.807) is 20.3 Å². The maximum atomic E-state index is 12.6. The Bertz CT molecular complexity index is 2500. The summed E-state index contributed by atoms with van der Waals surface area (Å²) in [6.07, 6.45) is 5.83. The number of rotatable bonds is 14. The Kier molecular flexibility index (Phi) is 14.9. The van der Waals surface area contributed by atoms with Gasteiger partial charge in [0.2, 0.25) is 5.91 Å². The zero-order valence-corrected chi connectivity index (χ0v) is 38.4. The van der Waals surface area contributed by atoms with Gasteiger partial charge in [0, 0.05) is 76.0 Å². The van der Waals surface area contributed by atoms with Crippen LogP contribution in [0.5, 0.6) is 34.5 Å². The fourth-order valence-corrected chi connectivity index (χ4v) is 9.64. The molecule has 4 aromatic carbocycles. The van der Waals surface area contributed by atoms with Crippen LogP contribution in [0, 0.1) is 0 Å². The number of pyridine rings is 1. The van der Waals surface area contributed by atoms with Crippen molar-refractivity contribution in [2.45, 2.75) is 70.2 Å². The normalized spacial score (nSPS) is 17.8. The maximum absolute atomic E-state index is 12.6. The Morgan fingerprint density at radius 2 is 1.09 bits per heavy atom. The molecule has 0 atom stereocenters. The molecule has 2 N–H and O–H groups in total. The van der Waals surface area contributed by atoms with Crippen molar-refractivity contribution in [3.05, 3.63) is 112 Å². The summed E-state index contributed by atoms with van der Waals surface area (Å²) in [6, 6.07) is 28.9. The van der Waals surface area contributed by atoms with Crippen LogP contribution >= 0.6 is 0 Å². The van der Waals surface area contributed by atoms with E-state index >= 15 is 0 Å². The number of anilines is 1. The van der Waals surface area contributed by atoms with Crippen LogP contribution in [0.25, 0.3) is 10.9 Å². The lowest BCUT2D eigenvalue weighted by molar-refractivity contribution is -0.119. The number of fused-ring (bicyclic) bond motifs is 4. The first-order valence-electron chi connectivity index (χ1n) is 23.7. The third-order valence-corrected chi connectivity index (χ3v) is 13.6. The average Bonchev–Trinajstić information content (AvgIpc) is 3.37. The quantitative estimate of drug-likeness (QED) is 0.135. The minimum atomic E-state index is 0.0340. The molecule has 0 radical (unpaired) electrons. The number of methoxy groups -OCH3 is 2. The molecular weight excluding hydrogens is 837 g/mol. The van der Waals surface area contributed by atoms with Crippen molar-refractivity contribution in [2.24, 2.45) is 0 Å². The molecule has 1 amide bonds. The number of piperidine rings is 2. The highest BCUT2D eigenvalue weighted by Crippen LogP contribution is 2.33. The van der Waals surface area contributed by atoms with Gasteiger partial charge in [-0.1, -0.05) is 18.2 Å². The number of nitrogens with one attached hydrogen (secondary N) is 2. The van der Waals surface area contributed by atoms with Crippen LogP contribution in [0.1, 0.15) is 48.8 Å². The van der Waals surface area contributed by atoms with Gasteiger partial charge < -0.3 is 58.3 Å². The fraction of sp³-hybridized carbons (Fsp3) is 0.462. The molecule has 0 saturated carbocycles. The van der Waals surface area contributed by atoms with E-state index in [-0.39, 0.29) is 11.5 Å². The van der Waals surface area contributed by atoms with Gasteiger partial charge in [-0.2, -0.15) is 0 Å². The van der Waals surface area contributed by atoms with E-state index in [1.165, 1.54) is 16.7 Å². The number of aromatic nitrogens is 1. The van der Waals surface area contributed by atoms with Gasteiger partial charge >= 0.3 is 0 Å². The first-order chi connectivity index (χ1) is 32.4. The molecule has 10 rings (SSSR count). The van der Waals surface area contributed by atoms with Crippen molar-refractivity contribution in [3.63, 3.8) is 0 Å². The number of hydrogen-bond donors (Lipinski definition) is 2. The van der Waals surface area contributed by atoms with Crippen molar-refractivity contribution in [1.29, 1.82) is 0 Å². The van der Waals surface area contributed by atoms with Crippen molar-refractivity contribution in [1.82, 2.24) is 25.0 Å². The fourth-order valence-electron chi connectivity index (χ4n) is 9.64. The predicted octanol–water partition coefficient (Wildman–Crippen LogP) is 6.04.